The van der Waals surface area contributed by atoms with Gasteiger partial charge in [-0.15, -0.1) is 0 Å². The number of nitrogens with one attached hydrogen (secondary N) is 1. The lowest BCUT2D eigenvalue weighted by Crippen LogP contribution is -2.40. The summed E-state index contributed by atoms with van der Waals surface area (Å²) in [6.07, 6.45) is -2.50. The molecule has 0 bridgehead atoms. The molecule has 0 aliphatic carbocycles. The third-order valence-electron chi connectivity index (χ3n) is 6.82. The van der Waals surface area contributed by atoms with Crippen LogP contribution in [0, 0.1) is 6.92 Å². The molecular formula is C27H32F3N5O. The number of aryl methyl sites for hydroxylation is 1. The van der Waals surface area contributed by atoms with E-state index in [9.17, 15) is 18.0 Å². The highest BCUT2D eigenvalue weighted by Gasteiger charge is 2.31. The van der Waals surface area contributed by atoms with Gasteiger partial charge in [-0.3, -0.25) is 9.69 Å². The number of carbonyl (C=O) groups is 1. The van der Waals surface area contributed by atoms with Crippen molar-refractivity contribution in [1.29, 1.82) is 0 Å². The molecule has 0 unspecified atom stereocenters. The Bertz CT molecular complexity index is 1240. The number of rotatable bonds is 6. The van der Waals surface area contributed by atoms with E-state index < -0.39 is 11.7 Å². The molecule has 1 fully saturated rings. The van der Waals surface area contributed by atoms with E-state index in [1.54, 1.807) is 32.0 Å². The number of alkyl halides is 3. The van der Waals surface area contributed by atoms with Gasteiger partial charge >= 0.3 is 6.18 Å². The fraction of sp³-hybridized carbons (Fsp3) is 0.444. The Morgan fingerprint density at radius 2 is 1.86 bits per heavy atom. The van der Waals surface area contributed by atoms with Gasteiger partial charge in [0.25, 0.3) is 0 Å². The fourth-order valence-corrected chi connectivity index (χ4v) is 4.66. The summed E-state index contributed by atoms with van der Waals surface area (Å²) in [6.45, 7) is 5.77. The van der Waals surface area contributed by atoms with Gasteiger partial charge in [-0.25, -0.2) is 9.97 Å². The molecule has 192 valence electrons. The lowest BCUT2D eigenvalue weighted by molar-refractivity contribution is -0.137. The van der Waals surface area contributed by atoms with Crippen molar-refractivity contribution in [1.82, 2.24) is 19.8 Å². The molecule has 2 heterocycles. The molecule has 36 heavy (non-hydrogen) atoms. The van der Waals surface area contributed by atoms with Gasteiger partial charge in [0.05, 0.1) is 17.6 Å². The molecule has 3 aromatic rings. The third kappa shape index (κ3) is 5.95. The second kappa shape index (κ2) is 10.4. The number of likely N-dealkylation sites (N-methyl/N-ethyl adjacent to an activating group) is 1. The number of hydrogen-bond acceptors (Lipinski definition) is 5. The summed E-state index contributed by atoms with van der Waals surface area (Å²) in [5.41, 5.74) is 1.84. The molecule has 0 saturated carbocycles. The molecule has 0 spiro atoms. The maximum absolute atomic E-state index is 13.2. The molecule has 1 saturated heterocycles. The highest BCUT2D eigenvalue weighted by molar-refractivity contribution is 5.90. The van der Waals surface area contributed by atoms with Gasteiger partial charge < -0.3 is 10.2 Å². The number of anilines is 1. The maximum Gasteiger partial charge on any atom is 0.416 e. The van der Waals surface area contributed by atoms with Crippen LogP contribution in [0.4, 0.5) is 19.0 Å². The largest absolute Gasteiger partial charge is 0.416 e. The van der Waals surface area contributed by atoms with Crippen molar-refractivity contribution in [3.8, 4) is 0 Å². The maximum atomic E-state index is 13.2. The van der Waals surface area contributed by atoms with Crippen LogP contribution in [-0.4, -0.2) is 59.4 Å². The summed E-state index contributed by atoms with van der Waals surface area (Å²) >= 11 is 0. The van der Waals surface area contributed by atoms with Crippen LogP contribution >= 0.6 is 0 Å². The van der Waals surface area contributed by atoms with Crippen LogP contribution < -0.4 is 5.32 Å². The normalized spacial score (nSPS) is 16.2. The molecule has 2 aromatic carbocycles. The molecule has 0 radical (unpaired) electrons. The molecule has 9 heteroatoms. The quantitative estimate of drug-likeness (QED) is 0.492. The number of amides is 1. The molecule has 1 aromatic heterocycles. The van der Waals surface area contributed by atoms with E-state index in [4.69, 9.17) is 0 Å². The lowest BCUT2D eigenvalue weighted by atomic mass is 9.88. The van der Waals surface area contributed by atoms with Crippen LogP contribution in [0.1, 0.15) is 54.2 Å². The first-order chi connectivity index (χ1) is 17.0. The van der Waals surface area contributed by atoms with Crippen molar-refractivity contribution in [2.45, 2.75) is 44.8 Å². The van der Waals surface area contributed by atoms with E-state index in [-0.39, 0.29) is 11.9 Å². The first kappa shape index (κ1) is 25.9. The number of likely N-dealkylation sites (tertiary alicyclic amines) is 1. The summed E-state index contributed by atoms with van der Waals surface area (Å²) in [5, 5.41) is 4.17. The molecule has 1 N–H and O–H groups in total. The predicted molar refractivity (Wildman–Crippen MR) is 135 cm³/mol. The third-order valence-corrected chi connectivity index (χ3v) is 6.82. The highest BCUT2D eigenvalue weighted by atomic mass is 19.4. The van der Waals surface area contributed by atoms with E-state index in [0.717, 1.165) is 42.9 Å². The molecule has 4 rings (SSSR count). The van der Waals surface area contributed by atoms with E-state index in [1.165, 1.54) is 17.7 Å². The minimum Gasteiger partial charge on any atom is -0.363 e. The first-order valence-electron chi connectivity index (χ1n) is 12.2. The Kier molecular flexibility index (Phi) is 7.49. The topological polar surface area (TPSA) is 61.4 Å². The predicted octanol–water partition coefficient (Wildman–Crippen LogP) is 5.40. The number of piperidine rings is 1. The van der Waals surface area contributed by atoms with Gasteiger partial charge in [0.1, 0.15) is 11.6 Å². The standard InChI is InChI=1S/C27H32F3N5O/c1-17(20-6-5-7-22(14-20)27(28,29)30)31-26-23-15-21(8-9-24(23)32-18(2)33-26)19-10-12-35(13-11-19)16-25(36)34(3)4/h5-9,14-15,17,19H,10-13,16H2,1-4H3,(H,31,32,33)/t17-/m0/s1. The fourth-order valence-electron chi connectivity index (χ4n) is 4.66. The first-order valence-corrected chi connectivity index (χ1v) is 12.2. The second-order valence-corrected chi connectivity index (χ2v) is 9.72. The van der Waals surface area contributed by atoms with Crippen LogP contribution in [0.5, 0.6) is 0 Å². The average Bonchev–Trinajstić information content (AvgIpc) is 2.83. The zero-order chi connectivity index (χ0) is 26.0. The number of nitrogens with zero attached hydrogens (tertiary/aromatic N) is 4. The number of fused-ring (bicyclic) bond motifs is 1. The van der Waals surface area contributed by atoms with E-state index in [1.807, 2.05) is 13.0 Å². The van der Waals surface area contributed by atoms with Gasteiger partial charge in [-0.2, -0.15) is 13.2 Å². The zero-order valence-electron chi connectivity index (χ0n) is 21.1. The summed E-state index contributed by atoms with van der Waals surface area (Å²) < 4.78 is 39.6. The Morgan fingerprint density at radius 1 is 1.14 bits per heavy atom. The van der Waals surface area contributed by atoms with Gasteiger partial charge in [-0.1, -0.05) is 18.2 Å². The van der Waals surface area contributed by atoms with Crippen molar-refractivity contribution < 1.29 is 18.0 Å². The molecule has 1 aliphatic heterocycles. The summed E-state index contributed by atoms with van der Waals surface area (Å²) in [6, 6.07) is 11.2. The number of carbonyl (C=O) groups excluding carboxylic acids is 1. The molecule has 6 nitrogen and oxygen atoms in total. The summed E-state index contributed by atoms with van der Waals surface area (Å²) in [5.74, 6) is 1.67. The minimum absolute atomic E-state index is 0.109. The molecular weight excluding hydrogens is 467 g/mol. The average molecular weight is 500 g/mol. The van der Waals surface area contributed by atoms with Crippen LogP contribution in [0.25, 0.3) is 10.9 Å². The van der Waals surface area contributed by atoms with Crippen molar-refractivity contribution in [3.05, 3.63) is 65.0 Å². The van der Waals surface area contributed by atoms with Crippen molar-refractivity contribution in [2.75, 3.05) is 39.0 Å². The Labute approximate surface area is 209 Å². The Morgan fingerprint density at radius 3 is 2.53 bits per heavy atom. The monoisotopic (exact) mass is 499 g/mol. The summed E-state index contributed by atoms with van der Waals surface area (Å²) in [7, 11) is 3.54. The molecule has 1 aliphatic rings. The number of aromatic nitrogens is 2. The van der Waals surface area contributed by atoms with E-state index in [2.05, 4.69) is 32.3 Å². The molecule has 1 atom stereocenters. The van der Waals surface area contributed by atoms with Gasteiger partial charge in [0.2, 0.25) is 5.91 Å². The Hall–Kier alpha value is -3.20. The van der Waals surface area contributed by atoms with Crippen LogP contribution in [0.3, 0.4) is 0 Å². The van der Waals surface area contributed by atoms with E-state index in [0.29, 0.717) is 29.7 Å². The van der Waals surface area contributed by atoms with Crippen molar-refractivity contribution >= 4 is 22.6 Å². The van der Waals surface area contributed by atoms with Gasteiger partial charge in [0.15, 0.2) is 0 Å². The lowest BCUT2D eigenvalue weighted by Gasteiger charge is -2.32. The number of hydrogen-bond donors (Lipinski definition) is 1. The highest BCUT2D eigenvalue weighted by Crippen LogP contribution is 2.34. The summed E-state index contributed by atoms with van der Waals surface area (Å²) in [4.78, 5) is 25.0. The second-order valence-electron chi connectivity index (χ2n) is 9.72. The number of halogens is 3. The van der Waals surface area contributed by atoms with Gasteiger partial charge in [0, 0.05) is 25.5 Å². The van der Waals surface area contributed by atoms with Crippen LogP contribution in [0.2, 0.25) is 0 Å². The molecule has 1 amide bonds. The van der Waals surface area contributed by atoms with Crippen LogP contribution in [0.15, 0.2) is 42.5 Å². The van der Waals surface area contributed by atoms with Crippen molar-refractivity contribution in [3.63, 3.8) is 0 Å². The van der Waals surface area contributed by atoms with Crippen LogP contribution in [-0.2, 0) is 11.0 Å². The minimum atomic E-state index is -4.39. The SMILES string of the molecule is Cc1nc(N[C@@H](C)c2cccc(C(F)(F)F)c2)c2cc(C3CCN(CC(=O)N(C)C)CC3)ccc2n1. The van der Waals surface area contributed by atoms with Crippen molar-refractivity contribution in [2.24, 2.45) is 0 Å². The zero-order valence-corrected chi connectivity index (χ0v) is 21.1. The smallest absolute Gasteiger partial charge is 0.363 e. The van der Waals surface area contributed by atoms with E-state index >= 15 is 0 Å². The Balaban J connectivity index is 1.54. The number of benzene rings is 2. The van der Waals surface area contributed by atoms with Gasteiger partial charge in [-0.05, 0) is 81.1 Å².